The van der Waals surface area contributed by atoms with E-state index >= 15 is 0 Å². The zero-order valence-corrected chi connectivity index (χ0v) is 25.0. The fraction of sp³-hybridized carbons (Fsp3) is 0.900. The minimum atomic E-state index is 0.338. The van der Waals surface area contributed by atoms with E-state index in [0.29, 0.717) is 10.6 Å². The summed E-state index contributed by atoms with van der Waals surface area (Å²) in [7, 11) is 4.80. The highest BCUT2D eigenvalue weighted by molar-refractivity contribution is 7.44. The van der Waals surface area contributed by atoms with Crippen molar-refractivity contribution in [1.29, 1.82) is 0 Å². The molecule has 0 saturated carbocycles. The number of allylic oxidation sites excluding steroid dienone is 2. The van der Waals surface area contributed by atoms with E-state index in [0.717, 1.165) is 0 Å². The Morgan fingerprint density at radius 1 is 0.656 bits per heavy atom. The van der Waals surface area contributed by atoms with E-state index in [9.17, 15) is 0 Å². The average Bonchev–Trinajstić information content (AvgIpc) is 2.99. The minimum absolute atomic E-state index is 0.338. The lowest BCUT2D eigenvalue weighted by atomic mass is 9.66. The van der Waals surface area contributed by atoms with Crippen LogP contribution in [0, 0.1) is 5.41 Å². The average molecular weight is 481 g/mol. The normalized spacial score (nSPS) is 19.7. The second-order valence-corrected chi connectivity index (χ2v) is 13.2. The van der Waals surface area contributed by atoms with Crippen molar-refractivity contribution in [3.05, 3.63) is 11.1 Å². The van der Waals surface area contributed by atoms with Crippen molar-refractivity contribution < 1.29 is 0 Å². The molecular formula is C30H58P2. The molecule has 0 bridgehead atoms. The molecule has 1 rings (SSSR count). The molecule has 0 nitrogen and oxygen atoms in total. The van der Waals surface area contributed by atoms with Crippen molar-refractivity contribution in [2.75, 3.05) is 6.16 Å². The molecule has 0 aromatic carbocycles. The Morgan fingerprint density at radius 2 is 1.03 bits per heavy atom. The molecule has 0 spiro atoms. The third-order valence-electron chi connectivity index (χ3n) is 8.67. The van der Waals surface area contributed by atoms with Crippen LogP contribution in [0.1, 0.15) is 157 Å². The van der Waals surface area contributed by atoms with E-state index in [1.54, 1.807) is 24.6 Å². The van der Waals surface area contributed by atoms with Crippen LogP contribution in [0.4, 0.5) is 0 Å². The molecule has 0 fully saturated rings. The van der Waals surface area contributed by atoms with Crippen LogP contribution in [0.2, 0.25) is 0 Å². The van der Waals surface area contributed by atoms with Gasteiger partial charge in [-0.2, -0.15) is 0 Å². The Kier molecular flexibility index (Phi) is 16.0. The van der Waals surface area contributed by atoms with E-state index in [1.165, 1.54) is 122 Å². The Bertz CT molecular complexity index is 539. The van der Waals surface area contributed by atoms with E-state index in [-0.39, 0.29) is 0 Å². The summed E-state index contributed by atoms with van der Waals surface area (Å²) in [6, 6.07) is 0. The minimum Gasteiger partial charge on any atom is -0.137 e. The van der Waals surface area contributed by atoms with Crippen LogP contribution in [-0.4, -0.2) is 16.6 Å². The number of rotatable bonds is 20. The first kappa shape index (κ1) is 30.4. The summed E-state index contributed by atoms with van der Waals surface area (Å²) in [5.74, 6) is 0. The fourth-order valence-electron chi connectivity index (χ4n) is 5.87. The van der Waals surface area contributed by atoms with Crippen LogP contribution < -0.4 is 0 Å². The fourth-order valence-corrected chi connectivity index (χ4v) is 8.75. The van der Waals surface area contributed by atoms with Crippen molar-refractivity contribution in [2.45, 2.75) is 162 Å². The summed E-state index contributed by atoms with van der Waals surface area (Å²) >= 11 is 0. The molecule has 2 heteroatoms. The number of hydrogen-bond acceptors (Lipinski definition) is 0. The molecule has 0 aliphatic carbocycles. The van der Waals surface area contributed by atoms with Gasteiger partial charge in [0.2, 0.25) is 0 Å². The SMILES string of the molecule is CCCCCCCCCCC(CP)(CCCCCCCCCC)C1(C)P=C(C)C(C)=C1C. The summed E-state index contributed by atoms with van der Waals surface area (Å²) in [5.41, 5.74) is 3.74. The van der Waals surface area contributed by atoms with Gasteiger partial charge in [-0.3, -0.25) is 0 Å². The standard InChI is InChI=1S/C30H58P2/c1-7-9-11-13-15-17-19-21-23-30(25-31,24-22-20-18-16-14-12-10-8-2)29(6)27(4)26(3)28(5)32-29/h7-25,31H2,1-6H3. The molecule has 0 aromatic heterocycles. The zero-order valence-electron chi connectivity index (χ0n) is 23.0. The van der Waals surface area contributed by atoms with E-state index in [2.05, 4.69) is 50.8 Å². The van der Waals surface area contributed by atoms with E-state index in [4.69, 9.17) is 0 Å². The predicted molar refractivity (Wildman–Crippen MR) is 156 cm³/mol. The molecule has 0 saturated heterocycles. The van der Waals surface area contributed by atoms with Crippen molar-refractivity contribution in [3.63, 3.8) is 0 Å². The summed E-state index contributed by atoms with van der Waals surface area (Å²) in [4.78, 5) is 0. The van der Waals surface area contributed by atoms with Crippen LogP contribution >= 0.6 is 17.4 Å². The van der Waals surface area contributed by atoms with E-state index in [1.807, 2.05) is 0 Å². The molecule has 32 heavy (non-hydrogen) atoms. The first-order valence-corrected chi connectivity index (χ1v) is 16.0. The van der Waals surface area contributed by atoms with Gasteiger partial charge in [0.25, 0.3) is 0 Å². The van der Waals surface area contributed by atoms with Crippen molar-refractivity contribution >= 4 is 22.7 Å². The second-order valence-electron chi connectivity index (χ2n) is 11.0. The van der Waals surface area contributed by atoms with Gasteiger partial charge >= 0.3 is 0 Å². The first-order chi connectivity index (χ1) is 15.4. The van der Waals surface area contributed by atoms with Gasteiger partial charge in [0.15, 0.2) is 0 Å². The van der Waals surface area contributed by atoms with Crippen LogP contribution in [0.15, 0.2) is 11.1 Å². The van der Waals surface area contributed by atoms with Gasteiger partial charge in [0, 0.05) is 5.16 Å². The lowest BCUT2D eigenvalue weighted by Crippen LogP contribution is -2.44. The monoisotopic (exact) mass is 480 g/mol. The maximum Gasteiger partial charge on any atom is 0.0367 e. The van der Waals surface area contributed by atoms with Crippen LogP contribution in [-0.2, 0) is 0 Å². The van der Waals surface area contributed by atoms with Crippen molar-refractivity contribution in [1.82, 2.24) is 0 Å². The molecule has 1 aliphatic heterocycles. The zero-order chi connectivity index (χ0) is 23.9. The van der Waals surface area contributed by atoms with Crippen LogP contribution in [0.3, 0.4) is 0 Å². The molecule has 1 heterocycles. The van der Waals surface area contributed by atoms with Gasteiger partial charge in [0.1, 0.15) is 0 Å². The Hall–Kier alpha value is 0.340. The van der Waals surface area contributed by atoms with Gasteiger partial charge in [-0.25, -0.2) is 0 Å². The Labute approximate surface area is 207 Å². The summed E-state index contributed by atoms with van der Waals surface area (Å²) in [6.07, 6.45) is 27.0. The molecule has 1 aliphatic rings. The Balaban J connectivity index is 2.67. The molecule has 0 amide bonds. The van der Waals surface area contributed by atoms with Crippen LogP contribution in [0.25, 0.3) is 0 Å². The smallest absolute Gasteiger partial charge is 0.0367 e. The maximum atomic E-state index is 3.20. The summed E-state index contributed by atoms with van der Waals surface area (Å²) < 4.78 is 0. The van der Waals surface area contributed by atoms with Gasteiger partial charge in [-0.05, 0) is 63.0 Å². The number of unbranched alkanes of at least 4 members (excludes halogenated alkanes) is 14. The van der Waals surface area contributed by atoms with Gasteiger partial charge in [-0.1, -0.05) is 130 Å². The molecule has 0 N–H and O–H groups in total. The molecule has 0 aromatic rings. The molecule has 2 atom stereocenters. The lowest BCUT2D eigenvalue weighted by molar-refractivity contribution is 0.209. The third-order valence-corrected chi connectivity index (χ3v) is 11.4. The molecule has 2 unspecified atom stereocenters. The highest BCUT2D eigenvalue weighted by atomic mass is 31.1. The highest BCUT2D eigenvalue weighted by Crippen LogP contribution is 2.58. The van der Waals surface area contributed by atoms with E-state index < -0.39 is 0 Å². The van der Waals surface area contributed by atoms with Gasteiger partial charge in [-0.15, -0.1) is 9.24 Å². The largest absolute Gasteiger partial charge is 0.137 e. The third kappa shape index (κ3) is 9.18. The Morgan fingerprint density at radius 3 is 1.34 bits per heavy atom. The number of hydrogen-bond donors (Lipinski definition) is 0. The molecule has 0 radical (unpaired) electrons. The molecule has 188 valence electrons. The van der Waals surface area contributed by atoms with Gasteiger partial charge in [0.05, 0.1) is 0 Å². The maximum absolute atomic E-state index is 3.20. The quantitative estimate of drug-likeness (QED) is 0.120. The highest BCUT2D eigenvalue weighted by Gasteiger charge is 2.48. The topological polar surface area (TPSA) is 0 Å². The van der Waals surface area contributed by atoms with Crippen molar-refractivity contribution in [3.8, 4) is 0 Å². The van der Waals surface area contributed by atoms with Crippen LogP contribution in [0.5, 0.6) is 0 Å². The second kappa shape index (κ2) is 16.9. The lowest BCUT2D eigenvalue weighted by Gasteiger charge is -2.47. The predicted octanol–water partition coefficient (Wildman–Crippen LogP) is 11.2. The summed E-state index contributed by atoms with van der Waals surface area (Å²) in [5, 5.41) is 1.96. The van der Waals surface area contributed by atoms with Gasteiger partial charge < -0.3 is 0 Å². The molecular weight excluding hydrogens is 422 g/mol. The van der Waals surface area contributed by atoms with Crippen molar-refractivity contribution in [2.24, 2.45) is 5.41 Å². The summed E-state index contributed by atoms with van der Waals surface area (Å²) in [6.45, 7) is 14.5. The first-order valence-electron chi connectivity index (χ1n) is 14.3.